The molecule has 1 amide bonds. The van der Waals surface area contributed by atoms with Gasteiger partial charge in [0, 0.05) is 12.8 Å². The van der Waals surface area contributed by atoms with Crippen molar-refractivity contribution in [1.29, 1.82) is 0 Å². The number of aliphatic hydroxyl groups excluding tert-OH is 5. The van der Waals surface area contributed by atoms with Gasteiger partial charge in [0.1, 0.15) is 24.4 Å². The smallest absolute Gasteiger partial charge is 0.305 e. The molecule has 0 bridgehead atoms. The zero-order valence-corrected chi connectivity index (χ0v) is 57.4. The molecule has 1 aliphatic heterocycles. The molecule has 516 valence electrons. The van der Waals surface area contributed by atoms with Crippen molar-refractivity contribution >= 4 is 11.9 Å². The summed E-state index contributed by atoms with van der Waals surface area (Å²) in [6, 6.07) is -0.806. The monoisotopic (exact) mass is 1240 g/mol. The summed E-state index contributed by atoms with van der Waals surface area (Å²) in [4.78, 5) is 25.1. The summed E-state index contributed by atoms with van der Waals surface area (Å²) >= 11 is 0. The Hall–Kier alpha value is -2.38. The molecule has 11 nitrogen and oxygen atoms in total. The minimum Gasteiger partial charge on any atom is -0.466 e. The minimum atomic E-state index is -1.57. The van der Waals surface area contributed by atoms with Crippen molar-refractivity contribution in [3.05, 3.63) is 48.6 Å². The van der Waals surface area contributed by atoms with Gasteiger partial charge in [0.05, 0.1) is 32.0 Å². The van der Waals surface area contributed by atoms with Crippen molar-refractivity contribution in [2.45, 2.75) is 410 Å². The van der Waals surface area contributed by atoms with Crippen molar-refractivity contribution in [2.24, 2.45) is 0 Å². The summed E-state index contributed by atoms with van der Waals surface area (Å²) in [5.41, 5.74) is 0. The molecule has 0 aliphatic carbocycles. The van der Waals surface area contributed by atoms with Gasteiger partial charge in [0.2, 0.25) is 5.91 Å². The minimum absolute atomic E-state index is 0.000101. The number of unbranched alkanes of at least 4 members (excludes halogenated alkanes) is 47. The van der Waals surface area contributed by atoms with Gasteiger partial charge in [-0.3, -0.25) is 9.59 Å². The first-order valence-corrected chi connectivity index (χ1v) is 37.9. The van der Waals surface area contributed by atoms with Crippen LogP contribution in [-0.2, 0) is 23.8 Å². The maximum absolute atomic E-state index is 13.0. The van der Waals surface area contributed by atoms with Crippen LogP contribution >= 0.6 is 0 Å². The average Bonchev–Trinajstić information content (AvgIpc) is 2.84. The zero-order chi connectivity index (χ0) is 63.7. The quantitative estimate of drug-likeness (QED) is 0.0195. The van der Waals surface area contributed by atoms with Crippen molar-refractivity contribution in [1.82, 2.24) is 5.32 Å². The summed E-state index contributed by atoms with van der Waals surface area (Å²) < 4.78 is 16.7. The van der Waals surface area contributed by atoms with E-state index in [4.69, 9.17) is 14.2 Å². The van der Waals surface area contributed by atoms with Crippen molar-refractivity contribution in [3.8, 4) is 0 Å². The normalized spacial score (nSPS) is 18.0. The number of nitrogens with one attached hydrogen (secondary N) is 1. The Morgan fingerprint density at radius 3 is 1.20 bits per heavy atom. The van der Waals surface area contributed by atoms with Crippen LogP contribution in [0, 0.1) is 0 Å². The molecule has 0 aromatic carbocycles. The number of ether oxygens (including phenoxy) is 3. The number of esters is 1. The van der Waals surface area contributed by atoms with Gasteiger partial charge in [-0.2, -0.15) is 0 Å². The van der Waals surface area contributed by atoms with E-state index in [1.54, 1.807) is 6.08 Å². The molecule has 1 heterocycles. The molecular formula is C77H143NO10. The molecule has 1 fully saturated rings. The number of carbonyl (C=O) groups is 2. The van der Waals surface area contributed by atoms with Crippen LogP contribution in [0.2, 0.25) is 0 Å². The molecule has 0 aromatic heterocycles. The highest BCUT2D eigenvalue weighted by atomic mass is 16.7. The number of rotatable bonds is 67. The first-order chi connectivity index (χ1) is 43.2. The second-order valence-corrected chi connectivity index (χ2v) is 26.3. The van der Waals surface area contributed by atoms with Crippen LogP contribution in [0.3, 0.4) is 0 Å². The van der Waals surface area contributed by atoms with Crippen molar-refractivity contribution in [3.63, 3.8) is 0 Å². The van der Waals surface area contributed by atoms with E-state index in [1.807, 2.05) is 6.08 Å². The van der Waals surface area contributed by atoms with Gasteiger partial charge in [-0.05, 0) is 83.5 Å². The summed E-state index contributed by atoms with van der Waals surface area (Å²) in [7, 11) is 0. The Balaban J connectivity index is 1.88. The molecule has 88 heavy (non-hydrogen) atoms. The van der Waals surface area contributed by atoms with Crippen molar-refractivity contribution < 1.29 is 49.3 Å². The molecule has 1 saturated heterocycles. The maximum atomic E-state index is 13.0. The molecule has 11 heteroatoms. The first kappa shape index (κ1) is 83.6. The van der Waals surface area contributed by atoms with Crippen LogP contribution < -0.4 is 5.32 Å². The predicted molar refractivity (Wildman–Crippen MR) is 370 cm³/mol. The molecule has 7 unspecified atom stereocenters. The van der Waals surface area contributed by atoms with Gasteiger partial charge in [0.15, 0.2) is 6.29 Å². The van der Waals surface area contributed by atoms with Crippen LogP contribution in [0.4, 0.5) is 0 Å². The second kappa shape index (κ2) is 66.1. The average molecular weight is 1240 g/mol. The molecule has 1 aliphatic rings. The molecule has 0 radical (unpaired) electrons. The molecule has 0 aromatic rings. The maximum Gasteiger partial charge on any atom is 0.305 e. The molecule has 0 saturated carbocycles. The second-order valence-electron chi connectivity index (χ2n) is 26.3. The van der Waals surface area contributed by atoms with E-state index in [2.05, 4.69) is 55.6 Å². The van der Waals surface area contributed by atoms with Crippen LogP contribution in [-0.4, -0.2) is 100 Å². The number of amides is 1. The van der Waals surface area contributed by atoms with Crippen LogP contribution in [0.1, 0.15) is 367 Å². The predicted octanol–water partition coefficient (Wildman–Crippen LogP) is 19.9. The first-order valence-electron chi connectivity index (χ1n) is 37.9. The lowest BCUT2D eigenvalue weighted by atomic mass is 9.99. The standard InChI is InChI=1S/C77H143NO10/c1-3-5-7-9-11-13-15-41-45-49-53-57-61-65-73(82)86-66-62-58-54-50-46-43-40-38-36-34-32-30-28-26-24-22-20-18-16-17-19-21-23-25-27-29-31-33-35-37-39-42-44-48-52-56-60-64-72(81)78-69(68-87-77-76(85)75(84)74(83)71(67-79)88-77)70(80)63-59-55-51-47-14-12-10-8-6-4-2/h7,9,13,15-16,18,59,63,69-71,74-77,79-80,83-85H,3-6,8,10-12,14,17,19-58,60-62,64-68H2,1-2H3,(H,78,81)/b9-7-,15-13-,18-16-,63-59+. The number of allylic oxidation sites excluding steroid dienone is 7. The Morgan fingerprint density at radius 1 is 0.420 bits per heavy atom. The fraction of sp³-hybridized carbons (Fsp3) is 0.870. The highest BCUT2D eigenvalue weighted by Gasteiger charge is 2.44. The number of carbonyl (C=O) groups excluding carboxylic acids is 2. The number of aliphatic hydroxyl groups is 5. The van der Waals surface area contributed by atoms with E-state index >= 15 is 0 Å². The number of hydrogen-bond donors (Lipinski definition) is 6. The van der Waals surface area contributed by atoms with Crippen LogP contribution in [0.25, 0.3) is 0 Å². The van der Waals surface area contributed by atoms with Gasteiger partial charge in [-0.15, -0.1) is 0 Å². The van der Waals surface area contributed by atoms with Gasteiger partial charge in [-0.1, -0.05) is 319 Å². The van der Waals surface area contributed by atoms with E-state index in [9.17, 15) is 35.1 Å². The number of hydrogen-bond acceptors (Lipinski definition) is 10. The Bertz CT molecular complexity index is 1600. The molecule has 1 rings (SSSR count). The summed E-state index contributed by atoms with van der Waals surface area (Å²) in [6.45, 7) is 4.29. The third-order valence-corrected chi connectivity index (χ3v) is 17.9. The molecule has 6 N–H and O–H groups in total. The Labute approximate surface area is 542 Å². The zero-order valence-electron chi connectivity index (χ0n) is 57.4. The fourth-order valence-corrected chi connectivity index (χ4v) is 11.9. The van der Waals surface area contributed by atoms with E-state index in [1.165, 1.54) is 276 Å². The van der Waals surface area contributed by atoms with E-state index in [-0.39, 0.29) is 18.5 Å². The van der Waals surface area contributed by atoms with E-state index in [0.29, 0.717) is 19.4 Å². The van der Waals surface area contributed by atoms with Crippen molar-refractivity contribution in [2.75, 3.05) is 19.8 Å². The van der Waals surface area contributed by atoms with Gasteiger partial charge >= 0.3 is 5.97 Å². The van der Waals surface area contributed by atoms with Crippen LogP contribution in [0.15, 0.2) is 48.6 Å². The van der Waals surface area contributed by atoms with Gasteiger partial charge in [0.25, 0.3) is 0 Å². The lowest BCUT2D eigenvalue weighted by Crippen LogP contribution is -2.60. The third kappa shape index (κ3) is 54.2. The largest absolute Gasteiger partial charge is 0.466 e. The van der Waals surface area contributed by atoms with E-state index in [0.717, 1.165) is 64.2 Å². The fourth-order valence-electron chi connectivity index (χ4n) is 11.9. The lowest BCUT2D eigenvalue weighted by Gasteiger charge is -2.40. The third-order valence-electron chi connectivity index (χ3n) is 17.9. The van der Waals surface area contributed by atoms with Gasteiger partial charge < -0.3 is 45.1 Å². The lowest BCUT2D eigenvalue weighted by molar-refractivity contribution is -0.302. The SMILES string of the molecule is CCC/C=C\C/C=C\CCCCCCCC(=O)OCCCCCCCCCCCCCCCCCC/C=C\CCCCCCCCCCCCCCCCCCCC(=O)NC(COC1OC(CO)C(O)C(O)C1O)C(O)/C=C/CCCCCCCCCC. The Kier molecular flexibility index (Phi) is 62.8. The van der Waals surface area contributed by atoms with E-state index < -0.39 is 49.5 Å². The highest BCUT2D eigenvalue weighted by Crippen LogP contribution is 2.23. The summed E-state index contributed by atoms with van der Waals surface area (Å²) in [5.74, 6) is -0.178. The topological polar surface area (TPSA) is 175 Å². The molecule has 0 spiro atoms. The van der Waals surface area contributed by atoms with Crippen LogP contribution in [0.5, 0.6) is 0 Å². The molecule has 7 atom stereocenters. The van der Waals surface area contributed by atoms with Gasteiger partial charge in [-0.25, -0.2) is 0 Å². The Morgan fingerprint density at radius 2 is 0.784 bits per heavy atom. The highest BCUT2D eigenvalue weighted by molar-refractivity contribution is 5.76. The molecular weight excluding hydrogens is 1100 g/mol. The summed E-state index contributed by atoms with van der Waals surface area (Å²) in [6.07, 6.45) is 77.2. The summed E-state index contributed by atoms with van der Waals surface area (Å²) in [5, 5.41) is 54.4.